The van der Waals surface area contributed by atoms with Crippen molar-refractivity contribution in [1.82, 2.24) is 31.9 Å². The number of amides is 7. The lowest BCUT2D eigenvalue weighted by molar-refractivity contribution is -0.144. The van der Waals surface area contributed by atoms with Crippen LogP contribution in [0.15, 0.2) is 54.6 Å². The standard InChI is InChI=1S/C40H59N9O11/c1-22(2)33(40(59)60)49-39(58)31(21-50)48-38(57)30(19-24-9-5-4-6-10-24)47-36(55)28(16-17-32(43)52)45-35(54)27(11-7-8-18-41)44-37(56)29(46-34(53)23(3)42)20-25-12-14-26(51)15-13-25/h4-6,9-10,12-15,22-23,27-31,33,50-51H,7-8,11,16-21,41-42H2,1-3H3,(H2,43,52)(H,44,56)(H,45,54)(H,46,53)(H,47,55)(H,48,57)(H,49,58)(H,59,60)/t23-,27-,28-,29-,30-,31-,33-/m0/s1. The molecule has 20 nitrogen and oxygen atoms in total. The number of nitrogens with two attached hydrogens (primary N) is 3. The molecule has 20 heteroatoms. The first-order chi connectivity index (χ1) is 28.4. The predicted molar refractivity (Wildman–Crippen MR) is 218 cm³/mol. The summed E-state index contributed by atoms with van der Waals surface area (Å²) in [6.07, 6.45) is -0.0683. The van der Waals surface area contributed by atoms with E-state index in [0.717, 1.165) is 0 Å². The summed E-state index contributed by atoms with van der Waals surface area (Å²) in [7, 11) is 0. The van der Waals surface area contributed by atoms with Gasteiger partial charge in [0.05, 0.1) is 12.6 Å². The number of hydrogen-bond donors (Lipinski definition) is 12. The quantitative estimate of drug-likeness (QED) is 0.0439. The number of aliphatic hydroxyl groups is 1. The maximum atomic E-state index is 14.0. The summed E-state index contributed by atoms with van der Waals surface area (Å²) in [5, 5.41) is 44.2. The van der Waals surface area contributed by atoms with Crippen molar-refractivity contribution in [3.8, 4) is 5.75 Å². The molecule has 0 aromatic heterocycles. The molecule has 0 aliphatic heterocycles. The Morgan fingerprint density at radius 3 is 1.52 bits per heavy atom. The van der Waals surface area contributed by atoms with Crippen molar-refractivity contribution in [3.05, 3.63) is 65.7 Å². The smallest absolute Gasteiger partial charge is 0.326 e. The van der Waals surface area contributed by atoms with E-state index in [1.54, 1.807) is 56.3 Å². The molecular weight excluding hydrogens is 782 g/mol. The van der Waals surface area contributed by atoms with Crippen molar-refractivity contribution < 1.29 is 53.7 Å². The number of carboxylic acid groups (broad SMARTS) is 1. The summed E-state index contributed by atoms with van der Waals surface area (Å²) >= 11 is 0. The van der Waals surface area contributed by atoms with Crippen molar-refractivity contribution >= 4 is 47.3 Å². The Kier molecular flexibility index (Phi) is 21.2. The number of carbonyl (C=O) groups excluding carboxylic acids is 7. The van der Waals surface area contributed by atoms with E-state index in [1.165, 1.54) is 19.1 Å². The lowest BCUT2D eigenvalue weighted by Crippen LogP contribution is -2.60. The zero-order chi connectivity index (χ0) is 44.9. The molecule has 0 saturated heterocycles. The highest BCUT2D eigenvalue weighted by atomic mass is 16.4. The molecule has 0 spiro atoms. The Bertz CT molecular complexity index is 1760. The zero-order valence-electron chi connectivity index (χ0n) is 34.0. The molecule has 60 heavy (non-hydrogen) atoms. The molecule has 0 aliphatic rings. The van der Waals surface area contributed by atoms with Gasteiger partial charge in [0.15, 0.2) is 0 Å². The second-order valence-electron chi connectivity index (χ2n) is 14.7. The normalized spacial score (nSPS) is 14.5. The van der Waals surface area contributed by atoms with Gasteiger partial charge in [0, 0.05) is 19.3 Å². The number of hydrogen-bond acceptors (Lipinski definition) is 12. The number of carboxylic acids is 1. The van der Waals surface area contributed by atoms with Gasteiger partial charge in [0.25, 0.3) is 0 Å². The number of carbonyl (C=O) groups is 8. The molecule has 2 rings (SSSR count). The van der Waals surface area contributed by atoms with Crippen molar-refractivity contribution in [3.63, 3.8) is 0 Å². The third-order valence-electron chi connectivity index (χ3n) is 9.28. The molecule has 0 aliphatic carbocycles. The van der Waals surface area contributed by atoms with Crippen LogP contribution in [0.3, 0.4) is 0 Å². The van der Waals surface area contributed by atoms with Crippen LogP contribution in [0.4, 0.5) is 0 Å². The highest BCUT2D eigenvalue weighted by Gasteiger charge is 2.34. The van der Waals surface area contributed by atoms with Gasteiger partial charge in [0.2, 0.25) is 41.4 Å². The number of primary amides is 1. The Labute approximate surface area is 348 Å². The third-order valence-corrected chi connectivity index (χ3v) is 9.28. The van der Waals surface area contributed by atoms with Gasteiger partial charge in [-0.15, -0.1) is 0 Å². The second-order valence-corrected chi connectivity index (χ2v) is 14.7. The van der Waals surface area contributed by atoms with E-state index < -0.39 is 102 Å². The van der Waals surface area contributed by atoms with Crippen LogP contribution >= 0.6 is 0 Å². The van der Waals surface area contributed by atoms with E-state index in [9.17, 15) is 53.7 Å². The van der Waals surface area contributed by atoms with Crippen LogP contribution in [0.5, 0.6) is 5.75 Å². The van der Waals surface area contributed by atoms with Crippen LogP contribution in [-0.2, 0) is 51.2 Å². The zero-order valence-corrected chi connectivity index (χ0v) is 34.0. The highest BCUT2D eigenvalue weighted by Crippen LogP contribution is 2.13. The second kappa shape index (κ2) is 25.4. The van der Waals surface area contributed by atoms with Crippen molar-refractivity contribution in [2.75, 3.05) is 13.2 Å². The molecule has 7 atom stereocenters. The monoisotopic (exact) mass is 841 g/mol. The summed E-state index contributed by atoms with van der Waals surface area (Å²) in [6.45, 7) is 3.88. The molecule has 0 bridgehead atoms. The highest BCUT2D eigenvalue weighted by molar-refractivity contribution is 5.97. The number of aromatic hydroxyl groups is 1. The van der Waals surface area contributed by atoms with Gasteiger partial charge in [-0.05, 0) is 68.3 Å². The van der Waals surface area contributed by atoms with E-state index in [4.69, 9.17) is 17.2 Å². The van der Waals surface area contributed by atoms with Crippen LogP contribution in [-0.4, -0.2) is 118 Å². The number of nitrogens with one attached hydrogen (secondary N) is 6. The molecule has 0 heterocycles. The Morgan fingerprint density at radius 1 is 0.600 bits per heavy atom. The molecule has 0 fully saturated rings. The molecule has 2 aromatic carbocycles. The van der Waals surface area contributed by atoms with Gasteiger partial charge in [-0.2, -0.15) is 0 Å². The van der Waals surface area contributed by atoms with Gasteiger partial charge in [-0.1, -0.05) is 56.3 Å². The van der Waals surface area contributed by atoms with Crippen LogP contribution in [0.2, 0.25) is 0 Å². The van der Waals surface area contributed by atoms with Gasteiger partial charge in [-0.3, -0.25) is 33.6 Å². The van der Waals surface area contributed by atoms with Gasteiger partial charge in [0.1, 0.15) is 42.0 Å². The average molecular weight is 842 g/mol. The van der Waals surface area contributed by atoms with Crippen LogP contribution in [0.1, 0.15) is 64.0 Å². The first-order valence-corrected chi connectivity index (χ1v) is 19.6. The summed E-state index contributed by atoms with van der Waals surface area (Å²) in [6, 6.07) is 4.90. The lowest BCUT2D eigenvalue weighted by Gasteiger charge is -2.27. The fourth-order valence-corrected chi connectivity index (χ4v) is 5.81. The molecule has 0 unspecified atom stereocenters. The number of aliphatic hydroxyl groups excluding tert-OH is 1. The van der Waals surface area contributed by atoms with Gasteiger partial charge in [-0.25, -0.2) is 4.79 Å². The number of benzene rings is 2. The Balaban J connectivity index is 2.41. The molecular formula is C40H59N9O11. The number of rotatable bonds is 26. The molecule has 0 saturated carbocycles. The van der Waals surface area contributed by atoms with Crippen LogP contribution < -0.4 is 49.1 Å². The summed E-state index contributed by atoms with van der Waals surface area (Å²) in [5.41, 5.74) is 17.9. The fraction of sp³-hybridized carbons (Fsp3) is 0.500. The molecule has 7 amide bonds. The first kappa shape index (κ1) is 50.0. The lowest BCUT2D eigenvalue weighted by atomic mass is 10.0. The van der Waals surface area contributed by atoms with E-state index in [2.05, 4.69) is 31.9 Å². The molecule has 15 N–H and O–H groups in total. The van der Waals surface area contributed by atoms with Crippen molar-refractivity contribution in [2.45, 2.75) is 108 Å². The molecule has 2 aromatic rings. The van der Waals surface area contributed by atoms with Gasteiger partial charge < -0.3 is 64.4 Å². The minimum atomic E-state index is -1.62. The maximum Gasteiger partial charge on any atom is 0.326 e. The minimum absolute atomic E-state index is 0.0209. The number of aliphatic carboxylic acids is 1. The largest absolute Gasteiger partial charge is 0.508 e. The first-order valence-electron chi connectivity index (χ1n) is 19.6. The van der Waals surface area contributed by atoms with E-state index in [1.807, 2.05) is 0 Å². The van der Waals surface area contributed by atoms with Crippen LogP contribution in [0, 0.1) is 5.92 Å². The Hall–Kier alpha value is -6.12. The number of unbranched alkanes of at least 4 members (excludes halogenated alkanes) is 1. The number of phenolic OH excluding ortho intramolecular Hbond substituents is 1. The van der Waals surface area contributed by atoms with Gasteiger partial charge >= 0.3 is 5.97 Å². The van der Waals surface area contributed by atoms with E-state index in [0.29, 0.717) is 24.0 Å². The summed E-state index contributed by atoms with van der Waals surface area (Å²) in [4.78, 5) is 105. The predicted octanol–water partition coefficient (Wildman–Crippen LogP) is -2.44. The average Bonchev–Trinajstić information content (AvgIpc) is 3.19. The summed E-state index contributed by atoms with van der Waals surface area (Å²) < 4.78 is 0. The Morgan fingerprint density at radius 2 is 1.05 bits per heavy atom. The van der Waals surface area contributed by atoms with E-state index in [-0.39, 0.29) is 44.4 Å². The molecule has 330 valence electrons. The fourth-order valence-electron chi connectivity index (χ4n) is 5.81. The van der Waals surface area contributed by atoms with Crippen LogP contribution in [0.25, 0.3) is 0 Å². The summed E-state index contributed by atoms with van der Waals surface area (Å²) in [5.74, 6) is -7.87. The van der Waals surface area contributed by atoms with Crippen molar-refractivity contribution in [1.29, 1.82) is 0 Å². The molecule has 0 radical (unpaired) electrons. The topological polar surface area (TPSA) is 347 Å². The van der Waals surface area contributed by atoms with E-state index >= 15 is 0 Å². The SMILES string of the molecule is CC(C)[C@H](NC(=O)[C@H](CO)NC(=O)[C@H](Cc1ccccc1)NC(=O)[C@H](CCC(N)=O)NC(=O)[C@H](CCCCN)NC(=O)[C@H](Cc1ccc(O)cc1)NC(=O)[C@H](C)N)C(=O)O. The minimum Gasteiger partial charge on any atom is -0.508 e. The third kappa shape index (κ3) is 17.4. The number of phenols is 1. The van der Waals surface area contributed by atoms with Crippen molar-refractivity contribution in [2.24, 2.45) is 23.1 Å². The maximum absolute atomic E-state index is 14.0.